The summed E-state index contributed by atoms with van der Waals surface area (Å²) >= 11 is 0. The van der Waals surface area contributed by atoms with Crippen LogP contribution < -0.4 is 5.19 Å². The molecule has 1 saturated heterocycles. The molecule has 0 N–H and O–H groups in total. The van der Waals surface area contributed by atoms with Gasteiger partial charge in [0.25, 0.3) is 10.0 Å². The summed E-state index contributed by atoms with van der Waals surface area (Å²) in [5.41, 5.74) is 0. The first kappa shape index (κ1) is 8.18. The van der Waals surface area contributed by atoms with Gasteiger partial charge in [-0.15, -0.1) is 0 Å². The van der Waals surface area contributed by atoms with E-state index in [2.05, 4.69) is 19.1 Å². The molecule has 0 unspecified atom stereocenters. The van der Waals surface area contributed by atoms with E-state index < -0.39 is 18.6 Å². The summed E-state index contributed by atoms with van der Waals surface area (Å²) in [6.45, 7) is 2.15. The third kappa shape index (κ3) is 1.17. The molecule has 0 radical (unpaired) electrons. The Hall–Kier alpha value is -0.426. The second kappa shape index (κ2) is 3.14. The highest BCUT2D eigenvalue weighted by molar-refractivity contribution is 6.90. The van der Waals surface area contributed by atoms with Crippen LogP contribution in [0.3, 0.4) is 0 Å². The quantitative estimate of drug-likeness (QED) is 0.638. The predicted octanol–water partition coefficient (Wildman–Crippen LogP) is 0.401. The van der Waals surface area contributed by atoms with E-state index in [-0.39, 0.29) is 0 Å². The molecule has 4 heteroatoms. The lowest BCUT2D eigenvalue weighted by atomic mass is 10.4. The Labute approximate surface area is 75.8 Å². The molecule has 12 heavy (non-hydrogen) atoms. The molecule has 0 spiro atoms. The highest BCUT2D eigenvalue weighted by Gasteiger charge is 2.44. The summed E-state index contributed by atoms with van der Waals surface area (Å²) in [4.78, 5) is 0. The van der Waals surface area contributed by atoms with E-state index in [1.807, 2.05) is 18.2 Å². The number of hydrogen-bond acceptors (Lipinski definition) is 2. The standard InChI is InChI=1S/C8H12O2Si2/c1-2-12(9-11-10-12)8-6-4-3-5-7-8/h3-7H,2,11H2,1H3. The molecule has 2 rings (SSSR count). The number of hydrogen-bond donors (Lipinski definition) is 0. The summed E-state index contributed by atoms with van der Waals surface area (Å²) in [5.74, 6) is 0. The summed E-state index contributed by atoms with van der Waals surface area (Å²) in [6, 6.07) is 11.4. The zero-order valence-corrected chi connectivity index (χ0v) is 9.53. The van der Waals surface area contributed by atoms with E-state index in [1.54, 1.807) is 0 Å². The summed E-state index contributed by atoms with van der Waals surface area (Å²) in [7, 11) is -2.42. The van der Waals surface area contributed by atoms with Gasteiger partial charge in [0.15, 0.2) is 0 Å². The maximum Gasteiger partial charge on any atom is 0.353 e. The monoisotopic (exact) mass is 196 g/mol. The SMILES string of the molecule is CC[Si]1(c2ccccc2)O[SiH2]O1. The Morgan fingerprint density at radius 2 is 1.92 bits per heavy atom. The van der Waals surface area contributed by atoms with Crippen molar-refractivity contribution in [2.45, 2.75) is 13.0 Å². The minimum absolute atomic E-state index is 0.592. The molecule has 64 valence electrons. The molecule has 0 saturated carbocycles. The minimum atomic E-state index is -1.83. The maximum absolute atomic E-state index is 5.71. The lowest BCUT2D eigenvalue weighted by Crippen LogP contribution is -2.63. The number of benzene rings is 1. The molecule has 0 aliphatic carbocycles. The maximum atomic E-state index is 5.71. The van der Waals surface area contributed by atoms with Crippen LogP contribution in [0.15, 0.2) is 30.3 Å². The summed E-state index contributed by atoms with van der Waals surface area (Å²) < 4.78 is 11.4. The van der Waals surface area contributed by atoms with Gasteiger partial charge in [-0.05, 0) is 11.2 Å². The zero-order valence-electron chi connectivity index (χ0n) is 7.12. The second-order valence-corrected chi connectivity index (χ2v) is 8.21. The van der Waals surface area contributed by atoms with Gasteiger partial charge in [-0.2, -0.15) is 0 Å². The highest BCUT2D eigenvalue weighted by atomic mass is 28.5. The first-order valence-electron chi connectivity index (χ1n) is 4.21. The van der Waals surface area contributed by atoms with Crippen LogP contribution >= 0.6 is 0 Å². The van der Waals surface area contributed by atoms with Crippen LogP contribution in [0.2, 0.25) is 6.04 Å². The Morgan fingerprint density at radius 3 is 2.33 bits per heavy atom. The first-order chi connectivity index (χ1) is 5.87. The molecule has 1 heterocycles. The Morgan fingerprint density at radius 1 is 1.25 bits per heavy atom. The fourth-order valence-electron chi connectivity index (χ4n) is 1.47. The summed E-state index contributed by atoms with van der Waals surface area (Å²) in [5, 5.41) is 1.28. The van der Waals surface area contributed by atoms with Gasteiger partial charge in [0.1, 0.15) is 0 Å². The molecule has 2 nitrogen and oxygen atoms in total. The van der Waals surface area contributed by atoms with Gasteiger partial charge in [-0.25, -0.2) is 0 Å². The lowest BCUT2D eigenvalue weighted by Gasteiger charge is -2.39. The van der Waals surface area contributed by atoms with E-state index >= 15 is 0 Å². The molecule has 1 aliphatic rings. The van der Waals surface area contributed by atoms with Crippen molar-refractivity contribution in [1.29, 1.82) is 0 Å². The molecule has 0 amide bonds. The van der Waals surface area contributed by atoms with Crippen molar-refractivity contribution >= 4 is 23.8 Å². The molecule has 1 aliphatic heterocycles. The van der Waals surface area contributed by atoms with Crippen molar-refractivity contribution in [2.75, 3.05) is 0 Å². The van der Waals surface area contributed by atoms with Gasteiger partial charge in [0.2, 0.25) is 0 Å². The van der Waals surface area contributed by atoms with Gasteiger partial charge < -0.3 is 8.23 Å². The zero-order chi connectivity index (χ0) is 8.44. The van der Waals surface area contributed by atoms with Crippen molar-refractivity contribution in [3.63, 3.8) is 0 Å². The average molecular weight is 196 g/mol. The van der Waals surface area contributed by atoms with Crippen molar-refractivity contribution in [1.82, 2.24) is 0 Å². The molecule has 1 aromatic carbocycles. The Kier molecular flexibility index (Phi) is 2.14. The van der Waals surface area contributed by atoms with E-state index in [9.17, 15) is 0 Å². The van der Waals surface area contributed by atoms with Crippen LogP contribution in [-0.2, 0) is 8.23 Å². The second-order valence-electron chi connectivity index (χ2n) is 2.88. The lowest BCUT2D eigenvalue weighted by molar-refractivity contribution is 0.290. The molecule has 0 bridgehead atoms. The van der Waals surface area contributed by atoms with Gasteiger partial charge in [0, 0.05) is 0 Å². The molecular weight excluding hydrogens is 184 g/mol. The normalized spacial score (nSPS) is 30.1. The molecule has 0 atom stereocenters. The summed E-state index contributed by atoms with van der Waals surface area (Å²) in [6.07, 6.45) is 0. The Bertz CT molecular complexity index is 254. The van der Waals surface area contributed by atoms with Gasteiger partial charge in [-0.3, -0.25) is 0 Å². The van der Waals surface area contributed by atoms with E-state index in [0.717, 1.165) is 6.04 Å². The van der Waals surface area contributed by atoms with Gasteiger partial charge in [0.05, 0.1) is 0 Å². The first-order valence-corrected chi connectivity index (χ1v) is 7.39. The molecule has 1 aromatic rings. The van der Waals surface area contributed by atoms with Gasteiger partial charge >= 0.3 is 8.56 Å². The van der Waals surface area contributed by atoms with Crippen molar-refractivity contribution < 1.29 is 8.23 Å². The molecule has 0 aromatic heterocycles. The van der Waals surface area contributed by atoms with E-state index in [0.29, 0.717) is 0 Å². The Balaban J connectivity index is 2.28. The smallest absolute Gasteiger partial charge is 0.353 e. The van der Waals surface area contributed by atoms with Crippen LogP contribution in [0.1, 0.15) is 6.92 Å². The van der Waals surface area contributed by atoms with E-state index in [4.69, 9.17) is 8.23 Å². The fraction of sp³-hybridized carbons (Fsp3) is 0.250. The third-order valence-electron chi connectivity index (χ3n) is 2.26. The average Bonchev–Trinajstić information content (AvgIpc) is 2.05. The number of rotatable bonds is 2. The molecular formula is C8H12O2Si2. The van der Waals surface area contributed by atoms with Crippen LogP contribution in [0.25, 0.3) is 0 Å². The minimum Gasteiger partial charge on any atom is -0.417 e. The van der Waals surface area contributed by atoms with Crippen LogP contribution in [-0.4, -0.2) is 18.6 Å². The third-order valence-corrected chi connectivity index (χ3v) is 9.08. The van der Waals surface area contributed by atoms with Crippen LogP contribution in [0.4, 0.5) is 0 Å². The van der Waals surface area contributed by atoms with Crippen molar-refractivity contribution in [2.24, 2.45) is 0 Å². The predicted molar refractivity (Wildman–Crippen MR) is 53.0 cm³/mol. The largest absolute Gasteiger partial charge is 0.417 e. The van der Waals surface area contributed by atoms with Crippen LogP contribution in [0.5, 0.6) is 0 Å². The van der Waals surface area contributed by atoms with E-state index in [1.165, 1.54) is 5.19 Å². The van der Waals surface area contributed by atoms with Crippen molar-refractivity contribution in [3.05, 3.63) is 30.3 Å². The fourth-order valence-corrected chi connectivity index (χ4v) is 7.15. The molecule has 1 fully saturated rings. The van der Waals surface area contributed by atoms with Crippen molar-refractivity contribution in [3.8, 4) is 0 Å². The van der Waals surface area contributed by atoms with Gasteiger partial charge in [-0.1, -0.05) is 37.3 Å². The van der Waals surface area contributed by atoms with Crippen LogP contribution in [0, 0.1) is 0 Å². The highest BCUT2D eigenvalue weighted by Crippen LogP contribution is 2.19. The topological polar surface area (TPSA) is 18.5 Å².